The predicted molar refractivity (Wildman–Crippen MR) is 174 cm³/mol. The van der Waals surface area contributed by atoms with Crippen molar-refractivity contribution in [2.24, 2.45) is 10.8 Å². The van der Waals surface area contributed by atoms with Crippen LogP contribution in [0.2, 0.25) is 0 Å². The van der Waals surface area contributed by atoms with Gasteiger partial charge in [-0.3, -0.25) is 14.4 Å². The van der Waals surface area contributed by atoms with Crippen LogP contribution >= 0.6 is 0 Å². The molecule has 1 aliphatic rings. The number of carboxylic acid groups (broad SMARTS) is 1. The van der Waals surface area contributed by atoms with E-state index in [0.29, 0.717) is 13.0 Å². The third-order valence-corrected chi connectivity index (χ3v) is 8.53. The number of rotatable bonds is 22. The van der Waals surface area contributed by atoms with E-state index in [2.05, 4.69) is 29.7 Å². The van der Waals surface area contributed by atoms with Crippen molar-refractivity contribution in [2.75, 3.05) is 6.61 Å². The summed E-state index contributed by atoms with van der Waals surface area (Å²) < 4.78 is 11.7. The zero-order valence-corrected chi connectivity index (χ0v) is 28.7. The number of aliphatic carboxylic acids is 1. The summed E-state index contributed by atoms with van der Waals surface area (Å²) in [5.74, 6) is -2.48. The molecule has 3 unspecified atom stereocenters. The summed E-state index contributed by atoms with van der Waals surface area (Å²) in [5.41, 5.74) is -1.19. The number of ether oxygens (including phenoxy) is 2. The highest BCUT2D eigenvalue weighted by atomic mass is 16.7. The molecular weight excluding hydrogens is 544 g/mol. The van der Waals surface area contributed by atoms with E-state index in [-0.39, 0.29) is 12.3 Å². The number of hydrogen-bond donors (Lipinski definition) is 3. The van der Waals surface area contributed by atoms with Crippen LogP contribution in [0.15, 0.2) is 12.2 Å². The summed E-state index contributed by atoms with van der Waals surface area (Å²) in [6.07, 6.45) is 19.4. The Labute approximate surface area is 262 Å². The molecule has 0 bridgehead atoms. The SMILES string of the molecule is CCCCCCCC/C=C/CCCCCCC(C)(C)C(=O)NC(CC)C(CC(=O)O)NC(=O)C1OC(C)(C)OCC1(C)C. The van der Waals surface area contributed by atoms with Gasteiger partial charge in [0.2, 0.25) is 11.8 Å². The third-order valence-electron chi connectivity index (χ3n) is 8.53. The first kappa shape index (κ1) is 39.1. The maximum Gasteiger partial charge on any atom is 0.305 e. The molecular formula is C35H64N2O6. The van der Waals surface area contributed by atoms with Gasteiger partial charge in [0, 0.05) is 16.9 Å². The minimum atomic E-state index is -1.04. The molecule has 1 fully saturated rings. The van der Waals surface area contributed by atoms with Crippen molar-refractivity contribution in [3.63, 3.8) is 0 Å². The van der Waals surface area contributed by atoms with Crippen LogP contribution in [0.4, 0.5) is 0 Å². The van der Waals surface area contributed by atoms with Crippen molar-refractivity contribution in [1.29, 1.82) is 0 Å². The number of carbonyl (C=O) groups is 3. The summed E-state index contributed by atoms with van der Waals surface area (Å²) in [4.78, 5) is 38.4. The van der Waals surface area contributed by atoms with Crippen molar-refractivity contribution in [1.82, 2.24) is 10.6 Å². The molecule has 3 atom stereocenters. The second-order valence-corrected chi connectivity index (χ2v) is 14.2. The van der Waals surface area contributed by atoms with Gasteiger partial charge in [-0.1, -0.05) is 105 Å². The Morgan fingerprint density at radius 1 is 0.860 bits per heavy atom. The van der Waals surface area contributed by atoms with Crippen LogP contribution < -0.4 is 10.6 Å². The highest BCUT2D eigenvalue weighted by molar-refractivity contribution is 5.84. The standard InChI is InChI=1S/C35H64N2O6/c1-9-11-12-13-14-15-16-17-18-19-20-21-22-23-24-33(3,4)32(41)37-27(10-2)28(25-29(38)39)36-31(40)30-34(5,6)26-42-35(7,8)43-30/h17-18,27-28,30H,9-16,19-26H2,1-8H3,(H,36,40)(H,37,41)(H,38,39)/b18-17+. The lowest BCUT2D eigenvalue weighted by Gasteiger charge is -2.45. The number of carbonyl (C=O) groups excluding carboxylic acids is 2. The first-order valence-electron chi connectivity index (χ1n) is 16.9. The van der Waals surface area contributed by atoms with Crippen molar-refractivity contribution in [3.05, 3.63) is 12.2 Å². The van der Waals surface area contributed by atoms with Crippen molar-refractivity contribution in [2.45, 2.75) is 176 Å². The fraction of sp³-hybridized carbons (Fsp3) is 0.857. The van der Waals surface area contributed by atoms with Crippen LogP contribution in [-0.2, 0) is 23.9 Å². The number of allylic oxidation sites excluding steroid dienone is 2. The lowest BCUT2D eigenvalue weighted by Crippen LogP contribution is -2.61. The maximum atomic E-state index is 13.4. The Morgan fingerprint density at radius 2 is 1.42 bits per heavy atom. The number of amides is 2. The zero-order valence-electron chi connectivity index (χ0n) is 28.7. The fourth-order valence-electron chi connectivity index (χ4n) is 5.49. The van der Waals surface area contributed by atoms with Crippen molar-refractivity contribution in [3.8, 4) is 0 Å². The molecule has 8 nitrogen and oxygen atoms in total. The normalized spacial score (nSPS) is 19.6. The van der Waals surface area contributed by atoms with Gasteiger partial charge in [-0.05, 0) is 52.4 Å². The predicted octanol–water partition coefficient (Wildman–Crippen LogP) is 7.69. The average molecular weight is 609 g/mol. The van der Waals surface area contributed by atoms with Gasteiger partial charge in [-0.15, -0.1) is 0 Å². The summed E-state index contributed by atoms with van der Waals surface area (Å²) in [5, 5.41) is 15.6. The van der Waals surface area contributed by atoms with E-state index in [1.54, 1.807) is 13.8 Å². The molecule has 0 spiro atoms. The van der Waals surface area contributed by atoms with Crippen molar-refractivity contribution >= 4 is 17.8 Å². The van der Waals surface area contributed by atoms with Gasteiger partial charge < -0.3 is 25.2 Å². The Morgan fingerprint density at radius 3 is 1.98 bits per heavy atom. The topological polar surface area (TPSA) is 114 Å². The minimum Gasteiger partial charge on any atom is -0.481 e. The molecule has 1 saturated heterocycles. The average Bonchev–Trinajstić information content (AvgIpc) is 2.92. The van der Waals surface area contributed by atoms with Gasteiger partial charge >= 0.3 is 5.97 Å². The molecule has 0 aromatic rings. The number of nitrogens with one attached hydrogen (secondary N) is 2. The van der Waals surface area contributed by atoms with Crippen LogP contribution in [0.25, 0.3) is 0 Å². The molecule has 0 aromatic heterocycles. The van der Waals surface area contributed by atoms with Crippen LogP contribution in [0.5, 0.6) is 0 Å². The van der Waals surface area contributed by atoms with Crippen LogP contribution in [-0.4, -0.2) is 53.5 Å². The van der Waals surface area contributed by atoms with Gasteiger partial charge in [-0.2, -0.15) is 0 Å². The van der Waals surface area contributed by atoms with Gasteiger partial charge in [0.1, 0.15) is 6.10 Å². The molecule has 1 aliphatic heterocycles. The quantitative estimate of drug-likeness (QED) is 0.0858. The third kappa shape index (κ3) is 15.6. The summed E-state index contributed by atoms with van der Waals surface area (Å²) >= 11 is 0. The highest BCUT2D eigenvalue weighted by Gasteiger charge is 2.46. The molecule has 1 rings (SSSR count). The summed E-state index contributed by atoms with van der Waals surface area (Å²) in [6, 6.07) is -1.29. The second kappa shape index (κ2) is 19.5. The maximum absolute atomic E-state index is 13.4. The van der Waals surface area contributed by atoms with E-state index in [4.69, 9.17) is 9.47 Å². The van der Waals surface area contributed by atoms with E-state index in [9.17, 15) is 19.5 Å². The second-order valence-electron chi connectivity index (χ2n) is 14.2. The molecule has 0 saturated carbocycles. The van der Waals surface area contributed by atoms with Gasteiger partial charge in [0.05, 0.1) is 19.1 Å². The van der Waals surface area contributed by atoms with Crippen molar-refractivity contribution < 1.29 is 29.0 Å². The molecule has 3 N–H and O–H groups in total. The fourth-order valence-corrected chi connectivity index (χ4v) is 5.49. The van der Waals surface area contributed by atoms with E-state index in [0.717, 1.165) is 32.1 Å². The molecule has 43 heavy (non-hydrogen) atoms. The van der Waals surface area contributed by atoms with Crippen LogP contribution in [0, 0.1) is 10.8 Å². The largest absolute Gasteiger partial charge is 0.481 e. The molecule has 1 heterocycles. The Bertz CT molecular complexity index is 866. The monoisotopic (exact) mass is 608 g/mol. The first-order valence-corrected chi connectivity index (χ1v) is 16.9. The Kier molecular flexibility index (Phi) is 17.7. The highest BCUT2D eigenvalue weighted by Crippen LogP contribution is 2.35. The lowest BCUT2D eigenvalue weighted by molar-refractivity contribution is -0.304. The molecule has 8 heteroatoms. The smallest absolute Gasteiger partial charge is 0.305 e. The molecule has 0 aliphatic carbocycles. The molecule has 0 aromatic carbocycles. The number of unbranched alkanes of at least 4 members (excludes halogenated alkanes) is 10. The Hall–Kier alpha value is -1.93. The lowest BCUT2D eigenvalue weighted by atomic mass is 9.84. The van der Waals surface area contributed by atoms with E-state index < -0.39 is 46.7 Å². The summed E-state index contributed by atoms with van der Waals surface area (Å²) in [6.45, 7) is 15.6. The Balaban J connectivity index is 2.54. The minimum absolute atomic E-state index is 0.120. The van der Waals surface area contributed by atoms with E-state index in [1.165, 1.54) is 51.4 Å². The van der Waals surface area contributed by atoms with Gasteiger partial charge in [0.25, 0.3) is 0 Å². The molecule has 250 valence electrons. The van der Waals surface area contributed by atoms with Gasteiger partial charge in [-0.25, -0.2) is 0 Å². The molecule has 2 amide bonds. The number of carboxylic acids is 1. The summed E-state index contributed by atoms with van der Waals surface area (Å²) in [7, 11) is 0. The first-order chi connectivity index (χ1) is 20.1. The van der Waals surface area contributed by atoms with E-state index >= 15 is 0 Å². The molecule has 0 radical (unpaired) electrons. The van der Waals surface area contributed by atoms with E-state index in [1.807, 2.05) is 34.6 Å². The zero-order chi connectivity index (χ0) is 32.5. The van der Waals surface area contributed by atoms with Gasteiger partial charge in [0.15, 0.2) is 5.79 Å². The van der Waals surface area contributed by atoms with Crippen LogP contribution in [0.1, 0.15) is 152 Å². The van der Waals surface area contributed by atoms with Crippen LogP contribution in [0.3, 0.4) is 0 Å². The number of hydrogen-bond acceptors (Lipinski definition) is 5.